The zero-order valence-corrected chi connectivity index (χ0v) is 12.5. The normalized spacial score (nSPS) is 30.6. The Morgan fingerprint density at radius 3 is 3.15 bits per heavy atom. The van der Waals surface area contributed by atoms with E-state index in [4.69, 9.17) is 10.5 Å². The lowest BCUT2D eigenvalue weighted by molar-refractivity contribution is -0.144. The standard InChI is InChI=1S/C15H22N2O2S/c16-8-11-2-1-3-13(11)15(18)17-5-6-19-14(9-17)12-4-7-20-10-12/h4,7,10-11,13-14H,1-3,5-6,8-9,16H2/t11-,13-,14?/m1/s1. The number of ether oxygens (including phenoxy) is 1. The van der Waals surface area contributed by atoms with Crippen molar-refractivity contribution in [1.29, 1.82) is 0 Å². The summed E-state index contributed by atoms with van der Waals surface area (Å²) in [5.41, 5.74) is 6.99. The molecule has 110 valence electrons. The number of carbonyl (C=O) groups is 1. The average Bonchev–Trinajstić information content (AvgIpc) is 3.17. The second-order valence-corrected chi connectivity index (χ2v) is 6.51. The Bertz CT molecular complexity index is 449. The third-order valence-electron chi connectivity index (χ3n) is 4.57. The molecule has 1 aromatic heterocycles. The quantitative estimate of drug-likeness (QED) is 0.928. The van der Waals surface area contributed by atoms with Gasteiger partial charge in [0.15, 0.2) is 0 Å². The average molecular weight is 294 g/mol. The molecule has 2 fully saturated rings. The molecule has 2 N–H and O–H groups in total. The topological polar surface area (TPSA) is 55.6 Å². The highest BCUT2D eigenvalue weighted by Crippen LogP contribution is 2.34. The number of morpholine rings is 1. The zero-order valence-electron chi connectivity index (χ0n) is 11.7. The molecular weight excluding hydrogens is 272 g/mol. The SMILES string of the molecule is NC[C@H]1CCC[C@H]1C(=O)N1CCOC(c2ccsc2)C1. The first-order valence-electron chi connectivity index (χ1n) is 7.42. The monoisotopic (exact) mass is 294 g/mol. The third-order valence-corrected chi connectivity index (χ3v) is 5.27. The predicted octanol–water partition coefficient (Wildman–Crippen LogP) is 2.02. The fraction of sp³-hybridized carbons (Fsp3) is 0.667. The number of hydrogen-bond donors (Lipinski definition) is 1. The van der Waals surface area contributed by atoms with E-state index in [-0.39, 0.29) is 12.0 Å². The molecule has 20 heavy (non-hydrogen) atoms. The Morgan fingerprint density at radius 1 is 1.50 bits per heavy atom. The molecule has 5 heteroatoms. The van der Waals surface area contributed by atoms with Gasteiger partial charge in [-0.1, -0.05) is 6.42 Å². The van der Waals surface area contributed by atoms with E-state index in [0.717, 1.165) is 19.3 Å². The number of carbonyl (C=O) groups excluding carboxylic acids is 1. The van der Waals surface area contributed by atoms with Gasteiger partial charge in [-0.3, -0.25) is 4.79 Å². The zero-order chi connectivity index (χ0) is 13.9. The van der Waals surface area contributed by atoms with Crippen molar-refractivity contribution in [2.75, 3.05) is 26.2 Å². The molecule has 0 radical (unpaired) electrons. The fourth-order valence-electron chi connectivity index (χ4n) is 3.39. The number of rotatable bonds is 3. The van der Waals surface area contributed by atoms with E-state index in [1.54, 1.807) is 11.3 Å². The second kappa shape index (κ2) is 6.24. The molecule has 1 aliphatic heterocycles. The highest BCUT2D eigenvalue weighted by atomic mass is 32.1. The maximum Gasteiger partial charge on any atom is 0.226 e. The first-order chi connectivity index (χ1) is 9.79. The molecule has 2 aliphatic rings. The first kappa shape index (κ1) is 14.0. The van der Waals surface area contributed by atoms with Crippen LogP contribution in [0.4, 0.5) is 0 Å². The van der Waals surface area contributed by atoms with Gasteiger partial charge >= 0.3 is 0 Å². The van der Waals surface area contributed by atoms with Crippen molar-refractivity contribution in [2.24, 2.45) is 17.6 Å². The van der Waals surface area contributed by atoms with Gasteiger partial charge in [0.1, 0.15) is 6.10 Å². The minimum absolute atomic E-state index is 0.0386. The van der Waals surface area contributed by atoms with Crippen molar-refractivity contribution in [3.63, 3.8) is 0 Å². The van der Waals surface area contributed by atoms with Crippen LogP contribution in [0.5, 0.6) is 0 Å². The minimum atomic E-state index is 0.0386. The van der Waals surface area contributed by atoms with Crippen molar-refractivity contribution >= 4 is 17.2 Å². The summed E-state index contributed by atoms with van der Waals surface area (Å²) >= 11 is 1.67. The molecule has 4 nitrogen and oxygen atoms in total. The van der Waals surface area contributed by atoms with Gasteiger partial charge in [0.25, 0.3) is 0 Å². The van der Waals surface area contributed by atoms with Crippen molar-refractivity contribution < 1.29 is 9.53 Å². The number of nitrogens with zero attached hydrogens (tertiary/aromatic N) is 1. The Balaban J connectivity index is 1.66. The maximum absolute atomic E-state index is 12.7. The number of nitrogens with two attached hydrogens (primary N) is 1. The Kier molecular flexibility index (Phi) is 4.38. The van der Waals surface area contributed by atoms with Crippen LogP contribution in [0.15, 0.2) is 16.8 Å². The van der Waals surface area contributed by atoms with E-state index in [1.807, 2.05) is 4.90 Å². The predicted molar refractivity (Wildman–Crippen MR) is 79.5 cm³/mol. The summed E-state index contributed by atoms with van der Waals surface area (Å²) < 4.78 is 5.81. The lowest BCUT2D eigenvalue weighted by Crippen LogP contribution is -2.46. The number of thiophene rings is 1. The van der Waals surface area contributed by atoms with Crippen molar-refractivity contribution in [2.45, 2.75) is 25.4 Å². The number of hydrogen-bond acceptors (Lipinski definition) is 4. The Hall–Kier alpha value is -0.910. The van der Waals surface area contributed by atoms with Crippen molar-refractivity contribution in [1.82, 2.24) is 4.90 Å². The molecule has 0 aromatic carbocycles. The summed E-state index contributed by atoms with van der Waals surface area (Å²) in [6.45, 7) is 2.66. The Morgan fingerprint density at radius 2 is 2.40 bits per heavy atom. The first-order valence-corrected chi connectivity index (χ1v) is 8.36. The van der Waals surface area contributed by atoms with Gasteiger partial charge in [-0.2, -0.15) is 11.3 Å². The van der Waals surface area contributed by atoms with Gasteiger partial charge in [0, 0.05) is 12.5 Å². The molecule has 2 heterocycles. The molecule has 0 spiro atoms. The van der Waals surface area contributed by atoms with E-state index in [2.05, 4.69) is 16.8 Å². The van der Waals surface area contributed by atoms with Crippen LogP contribution in [-0.4, -0.2) is 37.0 Å². The van der Waals surface area contributed by atoms with Crippen LogP contribution in [0.1, 0.15) is 30.9 Å². The summed E-state index contributed by atoms with van der Waals surface area (Å²) in [5, 5.41) is 4.16. The molecule has 1 saturated heterocycles. The third kappa shape index (κ3) is 2.75. The van der Waals surface area contributed by atoms with Crippen LogP contribution >= 0.6 is 11.3 Å². The number of amides is 1. The molecule has 1 aliphatic carbocycles. The van der Waals surface area contributed by atoms with Gasteiger partial charge in [-0.15, -0.1) is 0 Å². The van der Waals surface area contributed by atoms with Gasteiger partial charge in [-0.25, -0.2) is 0 Å². The maximum atomic E-state index is 12.7. The minimum Gasteiger partial charge on any atom is -0.370 e. The highest BCUT2D eigenvalue weighted by molar-refractivity contribution is 7.07. The fourth-order valence-corrected chi connectivity index (χ4v) is 4.09. The summed E-state index contributed by atoms with van der Waals surface area (Å²) in [7, 11) is 0. The molecule has 1 aromatic rings. The van der Waals surface area contributed by atoms with E-state index in [9.17, 15) is 4.79 Å². The van der Waals surface area contributed by atoms with E-state index < -0.39 is 0 Å². The molecule has 3 atom stereocenters. The lowest BCUT2D eigenvalue weighted by Gasteiger charge is -2.35. The van der Waals surface area contributed by atoms with Crippen LogP contribution in [0.25, 0.3) is 0 Å². The summed E-state index contributed by atoms with van der Waals surface area (Å²) in [5.74, 6) is 0.813. The van der Waals surface area contributed by atoms with Crippen molar-refractivity contribution in [3.05, 3.63) is 22.4 Å². The van der Waals surface area contributed by atoms with Crippen molar-refractivity contribution in [3.8, 4) is 0 Å². The van der Waals surface area contributed by atoms with Crippen LogP contribution in [0.2, 0.25) is 0 Å². The largest absolute Gasteiger partial charge is 0.370 e. The Labute approximate surface area is 123 Å². The summed E-state index contributed by atoms with van der Waals surface area (Å²) in [6.07, 6.45) is 3.28. The van der Waals surface area contributed by atoms with Gasteiger partial charge < -0.3 is 15.4 Å². The second-order valence-electron chi connectivity index (χ2n) is 5.73. The summed E-state index contributed by atoms with van der Waals surface area (Å²) in [6, 6.07) is 2.08. The smallest absolute Gasteiger partial charge is 0.226 e. The molecule has 3 rings (SSSR count). The summed E-state index contributed by atoms with van der Waals surface area (Å²) in [4.78, 5) is 14.7. The molecule has 1 amide bonds. The van der Waals surface area contributed by atoms with Gasteiger partial charge in [0.05, 0.1) is 13.2 Å². The van der Waals surface area contributed by atoms with E-state index in [0.29, 0.717) is 38.1 Å². The van der Waals surface area contributed by atoms with E-state index in [1.165, 1.54) is 5.56 Å². The van der Waals surface area contributed by atoms with Gasteiger partial charge in [-0.05, 0) is 47.7 Å². The molecule has 1 unspecified atom stereocenters. The molecule has 1 saturated carbocycles. The highest BCUT2D eigenvalue weighted by Gasteiger charge is 2.36. The molecular formula is C15H22N2O2S. The molecule has 0 bridgehead atoms. The van der Waals surface area contributed by atoms with Crippen LogP contribution < -0.4 is 5.73 Å². The lowest BCUT2D eigenvalue weighted by atomic mass is 9.94. The van der Waals surface area contributed by atoms with Gasteiger partial charge in [0.2, 0.25) is 5.91 Å². The van der Waals surface area contributed by atoms with E-state index >= 15 is 0 Å². The van der Waals surface area contributed by atoms with Crippen LogP contribution in [0, 0.1) is 11.8 Å². The van der Waals surface area contributed by atoms with Crippen LogP contribution in [-0.2, 0) is 9.53 Å². The van der Waals surface area contributed by atoms with Crippen LogP contribution in [0.3, 0.4) is 0 Å².